The molecule has 1 aromatic carbocycles. The van der Waals surface area contributed by atoms with Crippen molar-refractivity contribution in [2.45, 2.75) is 75.5 Å². The first-order valence-corrected chi connectivity index (χ1v) is 12.5. The number of hydrogen-bond donors (Lipinski definition) is 4. The zero-order chi connectivity index (χ0) is 25.4. The zero-order valence-electron chi connectivity index (χ0n) is 20.1. The van der Waals surface area contributed by atoms with Crippen LogP contribution >= 0.6 is 0 Å². The Bertz CT molecular complexity index is 895. The van der Waals surface area contributed by atoms with Gasteiger partial charge in [-0.25, -0.2) is 4.79 Å². The van der Waals surface area contributed by atoms with Crippen molar-refractivity contribution >= 4 is 23.7 Å². The standard InChI is InChI=1S/C25H37N5O5/c26-13-5-4-10-18(27)23(32)29-14-6-11-20(29)22(31)28-19(16-17-8-2-1-3-9-17)24(33)30-15-7-12-21(30)25(34)35/h1-3,8-9,18-21H,4-7,10-16,26-27H2,(H,28,31)(H,34,35). The van der Waals surface area contributed by atoms with E-state index < -0.39 is 42.0 Å². The summed E-state index contributed by atoms with van der Waals surface area (Å²) in [5, 5.41) is 12.4. The van der Waals surface area contributed by atoms with Gasteiger partial charge in [-0.1, -0.05) is 36.8 Å². The number of carboxylic acids is 1. The fraction of sp³-hybridized carbons (Fsp3) is 0.600. The van der Waals surface area contributed by atoms with Crippen molar-refractivity contribution in [3.63, 3.8) is 0 Å². The smallest absolute Gasteiger partial charge is 0.326 e. The van der Waals surface area contributed by atoms with Crippen LogP contribution in [0, 0.1) is 0 Å². The van der Waals surface area contributed by atoms with E-state index in [0.717, 1.165) is 18.4 Å². The summed E-state index contributed by atoms with van der Waals surface area (Å²) in [6.07, 6.45) is 4.39. The van der Waals surface area contributed by atoms with Gasteiger partial charge in [0, 0.05) is 19.5 Å². The van der Waals surface area contributed by atoms with Crippen LogP contribution in [-0.2, 0) is 25.6 Å². The monoisotopic (exact) mass is 487 g/mol. The number of aliphatic carboxylic acids is 1. The number of hydrogen-bond acceptors (Lipinski definition) is 6. The molecule has 0 saturated carbocycles. The molecule has 3 amide bonds. The third-order valence-electron chi connectivity index (χ3n) is 6.84. The minimum atomic E-state index is -1.04. The zero-order valence-corrected chi connectivity index (χ0v) is 20.1. The van der Waals surface area contributed by atoms with Gasteiger partial charge < -0.3 is 31.7 Å². The lowest BCUT2D eigenvalue weighted by Crippen LogP contribution is -2.57. The summed E-state index contributed by atoms with van der Waals surface area (Å²) in [5.74, 6) is -2.14. The molecule has 10 heteroatoms. The summed E-state index contributed by atoms with van der Waals surface area (Å²) in [4.78, 5) is 54.2. The quantitative estimate of drug-likeness (QED) is 0.325. The predicted molar refractivity (Wildman–Crippen MR) is 130 cm³/mol. The maximum absolute atomic E-state index is 13.4. The van der Waals surface area contributed by atoms with Crippen LogP contribution in [0.1, 0.15) is 50.5 Å². The first-order chi connectivity index (χ1) is 16.8. The van der Waals surface area contributed by atoms with Gasteiger partial charge in [0.1, 0.15) is 18.1 Å². The van der Waals surface area contributed by atoms with Gasteiger partial charge >= 0.3 is 5.97 Å². The summed E-state index contributed by atoms with van der Waals surface area (Å²) in [7, 11) is 0. The largest absolute Gasteiger partial charge is 0.480 e. The molecule has 10 nitrogen and oxygen atoms in total. The molecule has 0 radical (unpaired) electrons. The number of carbonyl (C=O) groups is 4. The highest BCUT2D eigenvalue weighted by molar-refractivity contribution is 5.94. The summed E-state index contributed by atoms with van der Waals surface area (Å²) < 4.78 is 0. The van der Waals surface area contributed by atoms with Crippen molar-refractivity contribution in [2.75, 3.05) is 19.6 Å². The van der Waals surface area contributed by atoms with Gasteiger partial charge in [-0.3, -0.25) is 14.4 Å². The minimum Gasteiger partial charge on any atom is -0.480 e. The normalized spacial score (nSPS) is 21.5. The molecular formula is C25H37N5O5. The highest BCUT2D eigenvalue weighted by Crippen LogP contribution is 2.22. The lowest BCUT2D eigenvalue weighted by Gasteiger charge is -2.30. The van der Waals surface area contributed by atoms with Crippen molar-refractivity contribution in [3.05, 3.63) is 35.9 Å². The van der Waals surface area contributed by atoms with Crippen molar-refractivity contribution in [2.24, 2.45) is 11.5 Å². The van der Waals surface area contributed by atoms with Gasteiger partial charge in [-0.15, -0.1) is 0 Å². The number of unbranched alkanes of at least 4 members (excludes halogenated alkanes) is 1. The molecule has 3 rings (SSSR count). The number of carbonyl (C=O) groups excluding carboxylic acids is 3. The Balaban J connectivity index is 1.73. The average Bonchev–Trinajstić information content (AvgIpc) is 3.53. The maximum Gasteiger partial charge on any atom is 0.326 e. The summed E-state index contributed by atoms with van der Waals surface area (Å²) in [6, 6.07) is 6.04. The lowest BCUT2D eigenvalue weighted by atomic mass is 10.0. The highest BCUT2D eigenvalue weighted by Gasteiger charge is 2.40. The van der Waals surface area contributed by atoms with E-state index in [-0.39, 0.29) is 12.3 Å². The van der Waals surface area contributed by atoms with Gasteiger partial charge in [0.15, 0.2) is 0 Å². The minimum absolute atomic E-state index is 0.230. The molecule has 2 fully saturated rings. The molecule has 1 aromatic rings. The van der Waals surface area contributed by atoms with E-state index in [2.05, 4.69) is 5.32 Å². The second-order valence-corrected chi connectivity index (χ2v) is 9.36. The summed E-state index contributed by atoms with van der Waals surface area (Å²) in [6.45, 7) is 1.31. The molecule has 192 valence electrons. The van der Waals surface area contributed by atoms with Crippen molar-refractivity contribution in [1.82, 2.24) is 15.1 Å². The van der Waals surface area contributed by atoms with Crippen molar-refractivity contribution in [1.29, 1.82) is 0 Å². The third-order valence-corrected chi connectivity index (χ3v) is 6.84. The fourth-order valence-electron chi connectivity index (χ4n) is 4.95. The Kier molecular flexibility index (Phi) is 9.62. The molecule has 4 atom stereocenters. The summed E-state index contributed by atoms with van der Waals surface area (Å²) in [5.41, 5.74) is 12.5. The molecule has 2 saturated heterocycles. The maximum atomic E-state index is 13.4. The van der Waals surface area contributed by atoms with E-state index in [0.29, 0.717) is 51.7 Å². The predicted octanol–water partition coefficient (Wildman–Crippen LogP) is 0.237. The van der Waals surface area contributed by atoms with E-state index >= 15 is 0 Å². The van der Waals surface area contributed by atoms with Crippen LogP contribution in [0.25, 0.3) is 0 Å². The molecule has 2 heterocycles. The molecule has 35 heavy (non-hydrogen) atoms. The number of amides is 3. The lowest BCUT2D eigenvalue weighted by molar-refractivity contribution is -0.149. The van der Waals surface area contributed by atoms with E-state index in [1.54, 1.807) is 0 Å². The number of rotatable bonds is 11. The fourth-order valence-corrected chi connectivity index (χ4v) is 4.95. The molecule has 4 unspecified atom stereocenters. The Hall–Kier alpha value is -2.98. The molecule has 6 N–H and O–H groups in total. The van der Waals surface area contributed by atoms with Crippen LogP contribution in [0.3, 0.4) is 0 Å². The highest BCUT2D eigenvalue weighted by atomic mass is 16.4. The van der Waals surface area contributed by atoms with Crippen LogP contribution < -0.4 is 16.8 Å². The Morgan fingerprint density at radius 2 is 1.60 bits per heavy atom. The number of benzene rings is 1. The van der Waals surface area contributed by atoms with Crippen LogP contribution in [-0.4, -0.2) is 82.4 Å². The van der Waals surface area contributed by atoms with Gasteiger partial charge in [-0.05, 0) is 50.6 Å². The van der Waals surface area contributed by atoms with E-state index in [4.69, 9.17) is 11.5 Å². The van der Waals surface area contributed by atoms with Crippen LogP contribution in [0.5, 0.6) is 0 Å². The van der Waals surface area contributed by atoms with Crippen LogP contribution in [0.2, 0.25) is 0 Å². The Labute approximate surface area is 206 Å². The molecule has 2 aliphatic rings. The van der Waals surface area contributed by atoms with Gasteiger partial charge in [0.2, 0.25) is 17.7 Å². The number of nitrogens with one attached hydrogen (secondary N) is 1. The molecule has 2 aliphatic heterocycles. The van der Waals surface area contributed by atoms with Gasteiger partial charge in [0.25, 0.3) is 0 Å². The molecule has 0 spiro atoms. The number of nitrogens with two attached hydrogens (primary N) is 2. The molecular weight excluding hydrogens is 450 g/mol. The van der Waals surface area contributed by atoms with Gasteiger partial charge in [-0.2, -0.15) is 0 Å². The number of likely N-dealkylation sites (tertiary alicyclic amines) is 2. The molecule has 0 aromatic heterocycles. The summed E-state index contributed by atoms with van der Waals surface area (Å²) >= 11 is 0. The second kappa shape index (κ2) is 12.6. The van der Waals surface area contributed by atoms with Crippen molar-refractivity contribution in [3.8, 4) is 0 Å². The molecule has 0 bridgehead atoms. The molecule has 0 aliphatic carbocycles. The Morgan fingerprint density at radius 3 is 2.23 bits per heavy atom. The Morgan fingerprint density at radius 1 is 0.971 bits per heavy atom. The third kappa shape index (κ3) is 6.79. The van der Waals surface area contributed by atoms with E-state index in [1.165, 1.54) is 9.80 Å². The van der Waals surface area contributed by atoms with E-state index in [1.807, 2.05) is 30.3 Å². The number of nitrogens with zero attached hydrogens (tertiary/aromatic N) is 2. The van der Waals surface area contributed by atoms with Crippen molar-refractivity contribution < 1.29 is 24.3 Å². The second-order valence-electron chi connectivity index (χ2n) is 9.36. The van der Waals surface area contributed by atoms with Gasteiger partial charge in [0.05, 0.1) is 6.04 Å². The number of carboxylic acid groups (broad SMARTS) is 1. The topological polar surface area (TPSA) is 159 Å². The van der Waals surface area contributed by atoms with Crippen LogP contribution in [0.4, 0.5) is 0 Å². The van der Waals surface area contributed by atoms with Crippen LogP contribution in [0.15, 0.2) is 30.3 Å². The SMILES string of the molecule is NCCCCC(N)C(=O)N1CCCC1C(=O)NC(Cc1ccccc1)C(=O)N1CCCC1C(=O)O. The average molecular weight is 488 g/mol. The van der Waals surface area contributed by atoms with E-state index in [9.17, 15) is 24.3 Å². The first kappa shape index (κ1) is 26.6. The first-order valence-electron chi connectivity index (χ1n) is 12.5.